The molecule has 1 unspecified atom stereocenters. The van der Waals surface area contributed by atoms with Crippen molar-refractivity contribution in [2.24, 2.45) is 0 Å². The summed E-state index contributed by atoms with van der Waals surface area (Å²) in [5, 5.41) is 3.22. The highest BCUT2D eigenvalue weighted by atomic mass is 35.5. The number of likely N-dealkylation sites (N-methyl/N-ethyl adjacent to an activating group) is 1. The molecule has 1 aliphatic carbocycles. The summed E-state index contributed by atoms with van der Waals surface area (Å²) in [5.74, 6) is -0.379. The number of amides is 1. The summed E-state index contributed by atoms with van der Waals surface area (Å²) in [5.41, 5.74) is 3.96. The van der Waals surface area contributed by atoms with E-state index >= 15 is 0 Å². The van der Waals surface area contributed by atoms with Gasteiger partial charge in [-0.1, -0.05) is 29.8 Å². The molecule has 172 valence electrons. The predicted octanol–water partition coefficient (Wildman–Crippen LogP) is 3.65. The maximum absolute atomic E-state index is 13.1. The number of hydrogen-bond acceptors (Lipinski definition) is 4. The molecule has 2 aliphatic rings. The highest BCUT2D eigenvalue weighted by Gasteiger charge is 2.29. The summed E-state index contributed by atoms with van der Waals surface area (Å²) in [6, 6.07) is 10.5. The van der Waals surface area contributed by atoms with Gasteiger partial charge in [0.15, 0.2) is 0 Å². The van der Waals surface area contributed by atoms with E-state index in [9.17, 15) is 13.2 Å². The van der Waals surface area contributed by atoms with Crippen LogP contribution in [-0.4, -0.2) is 56.8 Å². The Labute approximate surface area is 195 Å². The molecule has 1 atom stereocenters. The van der Waals surface area contributed by atoms with Crippen LogP contribution in [-0.2, 0) is 22.9 Å². The molecule has 1 aliphatic heterocycles. The second-order valence-corrected chi connectivity index (χ2v) is 11.1. The summed E-state index contributed by atoms with van der Waals surface area (Å²) in [6.45, 7) is 4.15. The van der Waals surface area contributed by atoms with E-state index < -0.39 is 10.0 Å². The normalized spacial score (nSPS) is 18.7. The second kappa shape index (κ2) is 9.51. The van der Waals surface area contributed by atoms with E-state index in [1.165, 1.54) is 46.5 Å². The topological polar surface area (TPSA) is 69.7 Å². The molecule has 1 saturated heterocycles. The maximum Gasteiger partial charge on any atom is 0.253 e. The van der Waals surface area contributed by atoms with Crippen LogP contribution in [0.1, 0.15) is 52.9 Å². The van der Waals surface area contributed by atoms with Crippen LogP contribution in [0.5, 0.6) is 0 Å². The summed E-state index contributed by atoms with van der Waals surface area (Å²) < 4.78 is 27.7. The number of carbonyl (C=O) groups is 1. The van der Waals surface area contributed by atoms with Gasteiger partial charge in [-0.2, -0.15) is 4.31 Å². The number of benzene rings is 2. The number of rotatable bonds is 5. The van der Waals surface area contributed by atoms with Crippen LogP contribution in [0.2, 0.25) is 5.02 Å². The Kier molecular flexibility index (Phi) is 6.91. The zero-order valence-corrected chi connectivity index (χ0v) is 20.2. The Morgan fingerprint density at radius 1 is 1.00 bits per heavy atom. The van der Waals surface area contributed by atoms with Gasteiger partial charge in [0, 0.05) is 26.2 Å². The predicted molar refractivity (Wildman–Crippen MR) is 127 cm³/mol. The van der Waals surface area contributed by atoms with E-state index in [0.29, 0.717) is 26.2 Å². The highest BCUT2D eigenvalue weighted by molar-refractivity contribution is 7.89. The van der Waals surface area contributed by atoms with Crippen LogP contribution in [0.25, 0.3) is 0 Å². The molecule has 0 saturated carbocycles. The van der Waals surface area contributed by atoms with Crippen LogP contribution in [0.3, 0.4) is 0 Å². The minimum atomic E-state index is -3.68. The minimum absolute atomic E-state index is 0.0954. The molecule has 0 radical (unpaired) electrons. The average Bonchev–Trinajstić information content (AvgIpc) is 2.79. The first-order chi connectivity index (χ1) is 15.3. The van der Waals surface area contributed by atoms with Gasteiger partial charge in [0.25, 0.3) is 5.91 Å². The Hall–Kier alpha value is -1.93. The number of carbonyl (C=O) groups excluding carboxylic acids is 1. The Morgan fingerprint density at radius 3 is 2.41 bits per heavy atom. The van der Waals surface area contributed by atoms with Crippen molar-refractivity contribution >= 4 is 27.5 Å². The van der Waals surface area contributed by atoms with Crippen molar-refractivity contribution < 1.29 is 13.2 Å². The fourth-order valence-corrected chi connectivity index (χ4v) is 6.05. The van der Waals surface area contributed by atoms with E-state index in [-0.39, 0.29) is 27.4 Å². The maximum atomic E-state index is 13.1. The van der Waals surface area contributed by atoms with Crippen LogP contribution in [0.4, 0.5) is 0 Å². The minimum Gasteiger partial charge on any atom is -0.345 e. The van der Waals surface area contributed by atoms with Crippen molar-refractivity contribution in [1.82, 2.24) is 14.5 Å². The molecular formula is C24H30ClN3O3S. The SMILES string of the molecule is CC(NC(=O)c1cc(S(=O)(=O)N2CCN(C)CC2)ccc1Cl)c1ccc2c(c1)CCCC2. The monoisotopic (exact) mass is 475 g/mol. The molecule has 2 aromatic carbocycles. The van der Waals surface area contributed by atoms with Crippen LogP contribution >= 0.6 is 11.6 Å². The molecule has 1 fully saturated rings. The third-order valence-corrected chi connectivity index (χ3v) is 8.73. The molecule has 0 bridgehead atoms. The number of halogens is 1. The summed E-state index contributed by atoms with van der Waals surface area (Å²) >= 11 is 6.29. The fourth-order valence-electron chi connectivity index (χ4n) is 4.40. The average molecular weight is 476 g/mol. The van der Waals surface area contributed by atoms with Crippen LogP contribution in [0.15, 0.2) is 41.3 Å². The molecule has 2 aromatic rings. The van der Waals surface area contributed by atoms with Gasteiger partial charge >= 0.3 is 0 Å². The van der Waals surface area contributed by atoms with Crippen molar-refractivity contribution in [2.45, 2.75) is 43.5 Å². The largest absolute Gasteiger partial charge is 0.345 e. The summed E-state index contributed by atoms with van der Waals surface area (Å²) in [6.07, 6.45) is 4.61. The second-order valence-electron chi connectivity index (χ2n) is 8.78. The number of aryl methyl sites for hydroxylation is 2. The zero-order valence-electron chi connectivity index (χ0n) is 18.6. The quantitative estimate of drug-likeness (QED) is 0.716. The van der Waals surface area contributed by atoms with Gasteiger partial charge in [-0.05, 0) is 74.5 Å². The van der Waals surface area contributed by atoms with E-state index in [0.717, 1.165) is 18.4 Å². The van der Waals surface area contributed by atoms with Gasteiger partial charge in [-0.3, -0.25) is 4.79 Å². The molecule has 0 spiro atoms. The molecule has 4 rings (SSSR count). The van der Waals surface area contributed by atoms with E-state index in [2.05, 4.69) is 28.4 Å². The van der Waals surface area contributed by atoms with Crippen molar-refractivity contribution in [3.8, 4) is 0 Å². The van der Waals surface area contributed by atoms with Crippen molar-refractivity contribution in [2.75, 3.05) is 33.2 Å². The number of nitrogens with one attached hydrogen (secondary N) is 1. The lowest BCUT2D eigenvalue weighted by molar-refractivity contribution is 0.0940. The lowest BCUT2D eigenvalue weighted by Crippen LogP contribution is -2.47. The number of hydrogen-bond donors (Lipinski definition) is 1. The van der Waals surface area contributed by atoms with Gasteiger partial charge in [0.1, 0.15) is 0 Å². The number of nitrogens with zero attached hydrogens (tertiary/aromatic N) is 2. The molecule has 1 N–H and O–H groups in total. The smallest absolute Gasteiger partial charge is 0.253 e. The zero-order chi connectivity index (χ0) is 22.9. The first-order valence-electron chi connectivity index (χ1n) is 11.2. The van der Waals surface area contributed by atoms with E-state index in [1.807, 2.05) is 14.0 Å². The standard InChI is InChI=1S/C24H30ClN3O3S/c1-17(19-8-7-18-5-3-4-6-20(18)15-19)26-24(29)22-16-21(9-10-23(22)25)32(30,31)28-13-11-27(2)12-14-28/h7-10,15-17H,3-6,11-14H2,1-2H3,(H,26,29). The van der Waals surface area contributed by atoms with Crippen LogP contribution in [0, 0.1) is 0 Å². The summed E-state index contributed by atoms with van der Waals surface area (Å²) in [7, 11) is -1.71. The first kappa shape index (κ1) is 23.2. The Morgan fingerprint density at radius 2 is 1.69 bits per heavy atom. The molecule has 6 nitrogen and oxygen atoms in total. The highest BCUT2D eigenvalue weighted by Crippen LogP contribution is 2.27. The third kappa shape index (κ3) is 4.86. The van der Waals surface area contributed by atoms with Gasteiger partial charge in [0.2, 0.25) is 10.0 Å². The van der Waals surface area contributed by atoms with Gasteiger partial charge in [0.05, 0.1) is 21.5 Å². The molecule has 32 heavy (non-hydrogen) atoms. The van der Waals surface area contributed by atoms with Gasteiger partial charge in [-0.15, -0.1) is 0 Å². The number of sulfonamides is 1. The fraction of sp³-hybridized carbons (Fsp3) is 0.458. The lowest BCUT2D eigenvalue weighted by Gasteiger charge is -2.31. The van der Waals surface area contributed by atoms with Crippen molar-refractivity contribution in [3.05, 3.63) is 63.7 Å². The molecule has 0 aromatic heterocycles. The molecule has 1 amide bonds. The van der Waals surface area contributed by atoms with Crippen LogP contribution < -0.4 is 5.32 Å². The molecular weight excluding hydrogens is 446 g/mol. The molecule has 1 heterocycles. The Balaban J connectivity index is 1.52. The first-order valence-corrected chi connectivity index (χ1v) is 13.0. The van der Waals surface area contributed by atoms with Gasteiger partial charge in [-0.25, -0.2) is 8.42 Å². The Bertz CT molecular complexity index is 1110. The van der Waals surface area contributed by atoms with E-state index in [4.69, 9.17) is 11.6 Å². The van der Waals surface area contributed by atoms with Crippen molar-refractivity contribution in [1.29, 1.82) is 0 Å². The molecule has 8 heteroatoms. The number of piperazine rings is 1. The van der Waals surface area contributed by atoms with Crippen molar-refractivity contribution in [3.63, 3.8) is 0 Å². The third-order valence-electron chi connectivity index (χ3n) is 6.50. The number of fused-ring (bicyclic) bond motifs is 1. The van der Waals surface area contributed by atoms with E-state index in [1.54, 1.807) is 0 Å². The summed E-state index contributed by atoms with van der Waals surface area (Å²) in [4.78, 5) is 15.2. The lowest BCUT2D eigenvalue weighted by atomic mass is 9.89. The van der Waals surface area contributed by atoms with Gasteiger partial charge < -0.3 is 10.2 Å².